The second-order valence-corrected chi connectivity index (χ2v) is 5.51. The Kier molecular flexibility index (Phi) is 3.75. The molecule has 24 heavy (non-hydrogen) atoms. The van der Waals surface area contributed by atoms with Gasteiger partial charge in [0.05, 0.1) is 16.0 Å². The summed E-state index contributed by atoms with van der Waals surface area (Å²) < 4.78 is 0. The van der Waals surface area contributed by atoms with Crippen molar-refractivity contribution in [3.05, 3.63) is 67.8 Å². The Hall–Kier alpha value is -3.24. The first-order valence-electron chi connectivity index (χ1n) is 7.12. The number of fused-ring (bicyclic) bond motifs is 3. The Balaban J connectivity index is 2.24. The molecule has 120 valence electrons. The van der Waals surface area contributed by atoms with E-state index in [4.69, 9.17) is 6.42 Å². The maximum absolute atomic E-state index is 11.0. The number of rotatable bonds is 4. The van der Waals surface area contributed by atoms with Crippen molar-refractivity contribution in [2.24, 2.45) is 0 Å². The van der Waals surface area contributed by atoms with Crippen LogP contribution in [0.1, 0.15) is 23.5 Å². The van der Waals surface area contributed by atoms with Gasteiger partial charge in [-0.25, -0.2) is 0 Å². The first-order chi connectivity index (χ1) is 11.4. The van der Waals surface area contributed by atoms with Gasteiger partial charge in [0.2, 0.25) is 0 Å². The van der Waals surface area contributed by atoms with Gasteiger partial charge < -0.3 is 5.11 Å². The van der Waals surface area contributed by atoms with Crippen LogP contribution in [-0.4, -0.2) is 21.1 Å². The number of non-ortho nitro benzene ring substituents is 2. The lowest BCUT2D eigenvalue weighted by Crippen LogP contribution is -2.17. The lowest BCUT2D eigenvalue weighted by atomic mass is 9.89. The standard InChI is InChI=1S/C17H12N2O5/c1-2-3-16(20)17-12-6-4-10(18(21)22)8-14(12)15-9-11(19(23)24)5-7-13(15)17/h1,4-9,16-17,20H,3H2. The fourth-order valence-corrected chi connectivity index (χ4v) is 3.15. The highest BCUT2D eigenvalue weighted by Gasteiger charge is 2.35. The van der Waals surface area contributed by atoms with Crippen LogP contribution in [0.15, 0.2) is 36.4 Å². The van der Waals surface area contributed by atoms with E-state index < -0.39 is 21.9 Å². The van der Waals surface area contributed by atoms with E-state index in [0.29, 0.717) is 22.3 Å². The Morgan fingerprint density at radius 3 is 1.88 bits per heavy atom. The first kappa shape index (κ1) is 15.6. The molecule has 0 bridgehead atoms. The number of aliphatic hydroxyl groups is 1. The molecule has 1 unspecified atom stereocenters. The van der Waals surface area contributed by atoms with Crippen molar-refractivity contribution < 1.29 is 15.0 Å². The van der Waals surface area contributed by atoms with Crippen molar-refractivity contribution in [3.8, 4) is 23.5 Å². The van der Waals surface area contributed by atoms with Gasteiger partial charge in [0.15, 0.2) is 0 Å². The van der Waals surface area contributed by atoms with E-state index in [2.05, 4.69) is 5.92 Å². The fraction of sp³-hybridized carbons (Fsp3) is 0.176. The van der Waals surface area contributed by atoms with Crippen LogP contribution in [0.2, 0.25) is 0 Å². The van der Waals surface area contributed by atoms with Gasteiger partial charge in [-0.05, 0) is 22.3 Å². The predicted octanol–water partition coefficient (Wildman–Crippen LogP) is 3.00. The highest BCUT2D eigenvalue weighted by molar-refractivity contribution is 5.82. The maximum atomic E-state index is 11.0. The molecule has 3 rings (SSSR count). The quantitative estimate of drug-likeness (QED) is 0.528. The van der Waals surface area contributed by atoms with Crippen molar-refractivity contribution >= 4 is 11.4 Å². The Bertz CT molecular complexity index is 837. The molecule has 0 spiro atoms. The summed E-state index contributed by atoms with van der Waals surface area (Å²) in [5.74, 6) is 1.93. The first-order valence-corrected chi connectivity index (χ1v) is 7.12. The molecule has 0 heterocycles. The molecular formula is C17H12N2O5. The number of nitro benzene ring substituents is 2. The molecule has 1 aliphatic carbocycles. The SMILES string of the molecule is C#CCC(O)C1c2ccc([N+](=O)[O-])cc2-c2cc([N+](=O)[O-])ccc21. The summed E-state index contributed by atoms with van der Waals surface area (Å²) >= 11 is 0. The molecule has 0 amide bonds. The Morgan fingerprint density at radius 1 is 1.04 bits per heavy atom. The molecular weight excluding hydrogens is 312 g/mol. The number of nitro groups is 2. The molecule has 0 fully saturated rings. The molecule has 1 atom stereocenters. The Morgan fingerprint density at radius 2 is 1.50 bits per heavy atom. The predicted molar refractivity (Wildman–Crippen MR) is 86.5 cm³/mol. The van der Waals surface area contributed by atoms with E-state index in [1.54, 1.807) is 12.1 Å². The minimum absolute atomic E-state index is 0.109. The van der Waals surface area contributed by atoms with Crippen LogP contribution in [0.4, 0.5) is 11.4 Å². The van der Waals surface area contributed by atoms with Gasteiger partial charge in [0.25, 0.3) is 11.4 Å². The third-order valence-electron chi connectivity index (χ3n) is 4.17. The smallest absolute Gasteiger partial charge is 0.270 e. The lowest BCUT2D eigenvalue weighted by Gasteiger charge is -2.18. The molecule has 7 nitrogen and oxygen atoms in total. The number of hydrogen-bond donors (Lipinski definition) is 1. The Labute approximate surface area is 136 Å². The molecule has 0 radical (unpaired) electrons. The average molecular weight is 324 g/mol. The molecule has 2 aromatic rings. The molecule has 7 heteroatoms. The highest BCUT2D eigenvalue weighted by atomic mass is 16.6. The number of terminal acetylenes is 1. The fourth-order valence-electron chi connectivity index (χ4n) is 3.15. The molecule has 2 aromatic carbocycles. The largest absolute Gasteiger partial charge is 0.391 e. The summed E-state index contributed by atoms with van der Waals surface area (Å²) in [6, 6.07) is 8.61. The highest BCUT2D eigenvalue weighted by Crippen LogP contribution is 2.48. The van der Waals surface area contributed by atoms with Crippen LogP contribution in [0.3, 0.4) is 0 Å². The van der Waals surface area contributed by atoms with Crippen molar-refractivity contribution in [1.29, 1.82) is 0 Å². The van der Waals surface area contributed by atoms with Gasteiger partial charge in [-0.1, -0.05) is 12.1 Å². The minimum atomic E-state index is -0.877. The van der Waals surface area contributed by atoms with Crippen LogP contribution in [0, 0.1) is 32.6 Å². The average Bonchev–Trinajstić information content (AvgIpc) is 2.87. The number of hydrogen-bond acceptors (Lipinski definition) is 5. The summed E-state index contributed by atoms with van der Waals surface area (Å²) in [6.45, 7) is 0. The van der Waals surface area contributed by atoms with Crippen molar-refractivity contribution in [1.82, 2.24) is 0 Å². The molecule has 1 aliphatic rings. The third kappa shape index (κ3) is 2.39. The van der Waals surface area contributed by atoms with Crippen LogP contribution in [0.5, 0.6) is 0 Å². The van der Waals surface area contributed by atoms with Gasteiger partial charge in [-0.15, -0.1) is 12.3 Å². The maximum Gasteiger partial charge on any atom is 0.270 e. The summed E-state index contributed by atoms with van der Waals surface area (Å²) in [4.78, 5) is 21.0. The van der Waals surface area contributed by atoms with Crippen LogP contribution < -0.4 is 0 Å². The van der Waals surface area contributed by atoms with Crippen LogP contribution >= 0.6 is 0 Å². The minimum Gasteiger partial charge on any atom is -0.391 e. The molecule has 0 saturated carbocycles. The van der Waals surface area contributed by atoms with Gasteiger partial charge >= 0.3 is 0 Å². The second-order valence-electron chi connectivity index (χ2n) is 5.51. The van der Waals surface area contributed by atoms with E-state index in [1.165, 1.54) is 24.3 Å². The van der Waals surface area contributed by atoms with E-state index in [1.807, 2.05) is 0 Å². The van der Waals surface area contributed by atoms with Crippen molar-refractivity contribution in [3.63, 3.8) is 0 Å². The number of nitrogens with zero attached hydrogens (tertiary/aromatic N) is 2. The van der Waals surface area contributed by atoms with Gasteiger partial charge in [0.1, 0.15) is 0 Å². The summed E-state index contributed by atoms with van der Waals surface area (Å²) in [5, 5.41) is 32.4. The normalized spacial score (nSPS) is 13.7. The van der Waals surface area contributed by atoms with Crippen molar-refractivity contribution in [2.45, 2.75) is 18.4 Å². The number of benzene rings is 2. The third-order valence-corrected chi connectivity index (χ3v) is 4.17. The molecule has 0 saturated heterocycles. The van der Waals surface area contributed by atoms with Crippen LogP contribution in [-0.2, 0) is 0 Å². The van der Waals surface area contributed by atoms with E-state index >= 15 is 0 Å². The number of aliphatic hydroxyl groups excluding tert-OH is 1. The second kappa shape index (κ2) is 5.76. The van der Waals surface area contributed by atoms with Crippen LogP contribution in [0.25, 0.3) is 11.1 Å². The molecule has 0 aliphatic heterocycles. The summed E-state index contributed by atoms with van der Waals surface area (Å²) in [6.07, 6.45) is 4.51. The summed E-state index contributed by atoms with van der Waals surface area (Å²) in [5.41, 5.74) is 2.17. The van der Waals surface area contributed by atoms with Crippen molar-refractivity contribution in [2.75, 3.05) is 0 Å². The zero-order chi connectivity index (χ0) is 17.4. The van der Waals surface area contributed by atoms with Gasteiger partial charge in [-0.2, -0.15) is 0 Å². The van der Waals surface area contributed by atoms with E-state index in [9.17, 15) is 25.3 Å². The molecule has 0 aromatic heterocycles. The monoisotopic (exact) mass is 324 g/mol. The molecule has 1 N–H and O–H groups in total. The summed E-state index contributed by atoms with van der Waals surface area (Å²) in [7, 11) is 0. The van der Waals surface area contributed by atoms with Gasteiger partial charge in [0, 0.05) is 36.6 Å². The van der Waals surface area contributed by atoms with E-state index in [0.717, 1.165) is 0 Å². The zero-order valence-electron chi connectivity index (χ0n) is 12.4. The lowest BCUT2D eigenvalue weighted by molar-refractivity contribution is -0.385. The van der Waals surface area contributed by atoms with E-state index in [-0.39, 0.29) is 17.8 Å². The van der Waals surface area contributed by atoms with Gasteiger partial charge in [-0.3, -0.25) is 20.2 Å². The zero-order valence-corrected chi connectivity index (χ0v) is 12.4. The topological polar surface area (TPSA) is 107 Å².